The van der Waals surface area contributed by atoms with Crippen molar-refractivity contribution in [3.8, 4) is 0 Å². The number of nitrogens with zero attached hydrogens (tertiary/aromatic N) is 3. The van der Waals surface area contributed by atoms with Crippen LogP contribution < -0.4 is 19.8 Å². The molecule has 0 fully saturated rings. The summed E-state index contributed by atoms with van der Waals surface area (Å²) < 4.78 is 2.47. The number of aryl methyl sites for hydroxylation is 2. The second-order valence-corrected chi connectivity index (χ2v) is 7.75. The molecule has 0 N–H and O–H groups in total. The highest BCUT2D eigenvalue weighted by molar-refractivity contribution is 7.07. The van der Waals surface area contributed by atoms with Crippen LogP contribution in [0, 0.1) is 13.8 Å². The number of benzene rings is 2. The third-order valence-electron chi connectivity index (χ3n) is 4.48. The van der Waals surface area contributed by atoms with E-state index in [2.05, 4.69) is 41.9 Å². The monoisotopic (exact) mass is 375 g/mol. The number of aromatic nitrogens is 1. The zero-order chi connectivity index (χ0) is 18.8. The molecule has 2 heterocycles. The molecular formula is C22H21N3OS. The lowest BCUT2D eigenvalue weighted by molar-refractivity contribution is 0.569. The lowest BCUT2D eigenvalue weighted by Crippen LogP contribution is -2.42. The van der Waals surface area contributed by atoms with Gasteiger partial charge in [0.2, 0.25) is 0 Å². The van der Waals surface area contributed by atoms with Crippen LogP contribution in [0.25, 0.3) is 12.2 Å². The van der Waals surface area contributed by atoms with Gasteiger partial charge in [0.05, 0.1) is 4.53 Å². The molecule has 136 valence electrons. The molecular weight excluding hydrogens is 354 g/mol. The molecule has 0 saturated carbocycles. The van der Waals surface area contributed by atoms with E-state index < -0.39 is 0 Å². The van der Waals surface area contributed by atoms with Crippen molar-refractivity contribution in [3.05, 3.63) is 91.0 Å². The minimum Gasteiger partial charge on any atom is -0.334 e. The van der Waals surface area contributed by atoms with Gasteiger partial charge in [-0.05, 0) is 48.7 Å². The molecule has 0 atom stereocenters. The average molecular weight is 375 g/mol. The maximum Gasteiger partial charge on any atom is 0.271 e. The van der Waals surface area contributed by atoms with Crippen molar-refractivity contribution in [2.75, 3.05) is 11.6 Å². The minimum atomic E-state index is 0.0190. The van der Waals surface area contributed by atoms with Gasteiger partial charge in [0, 0.05) is 5.69 Å². The Morgan fingerprint density at radius 2 is 1.81 bits per heavy atom. The first-order valence-corrected chi connectivity index (χ1v) is 9.72. The normalized spacial score (nSPS) is 14.4. The first-order chi connectivity index (χ1) is 13.1. The Kier molecular flexibility index (Phi) is 4.77. The second-order valence-electron chi connectivity index (χ2n) is 6.75. The summed E-state index contributed by atoms with van der Waals surface area (Å²) in [5, 5.41) is 0. The van der Waals surface area contributed by atoms with Crippen LogP contribution in [0.3, 0.4) is 0 Å². The van der Waals surface area contributed by atoms with Gasteiger partial charge in [0.25, 0.3) is 5.56 Å². The maximum atomic E-state index is 12.8. The highest BCUT2D eigenvalue weighted by Crippen LogP contribution is 2.19. The molecule has 3 aromatic rings. The van der Waals surface area contributed by atoms with Crippen molar-refractivity contribution < 1.29 is 0 Å². The Bertz CT molecular complexity index is 1150. The van der Waals surface area contributed by atoms with Gasteiger partial charge >= 0.3 is 0 Å². The van der Waals surface area contributed by atoms with E-state index in [0.29, 0.717) is 17.9 Å². The van der Waals surface area contributed by atoms with Gasteiger partial charge in [-0.15, -0.1) is 0 Å². The molecule has 27 heavy (non-hydrogen) atoms. The van der Waals surface area contributed by atoms with E-state index in [1.54, 1.807) is 4.57 Å². The molecule has 0 bridgehead atoms. The molecule has 0 spiro atoms. The van der Waals surface area contributed by atoms with Gasteiger partial charge in [-0.25, -0.2) is 4.99 Å². The number of fused-ring (bicyclic) bond motifs is 1. The summed E-state index contributed by atoms with van der Waals surface area (Å²) in [5.41, 5.74) is 4.67. The second kappa shape index (κ2) is 7.37. The molecule has 1 aromatic heterocycles. The van der Waals surface area contributed by atoms with Gasteiger partial charge < -0.3 is 4.90 Å². The van der Waals surface area contributed by atoms with Crippen molar-refractivity contribution in [2.24, 2.45) is 4.99 Å². The lowest BCUT2D eigenvalue weighted by Gasteiger charge is -2.26. The van der Waals surface area contributed by atoms with Crippen LogP contribution in [0.1, 0.15) is 16.7 Å². The Labute approximate surface area is 162 Å². The number of allylic oxidation sites excluding steroid dienone is 1. The Morgan fingerprint density at radius 1 is 1.07 bits per heavy atom. The molecule has 0 unspecified atom stereocenters. The van der Waals surface area contributed by atoms with E-state index in [4.69, 9.17) is 0 Å². The van der Waals surface area contributed by atoms with Crippen LogP contribution in [0.2, 0.25) is 0 Å². The maximum absolute atomic E-state index is 12.8. The summed E-state index contributed by atoms with van der Waals surface area (Å²) in [6.45, 7) is 5.28. The molecule has 0 radical (unpaired) electrons. The SMILES string of the molecule is Cc1cc(C)cc(N2CN=c3s/c(=C\C=C\c4ccccc4)c(=O)n3C2)c1. The van der Waals surface area contributed by atoms with Gasteiger partial charge in [0.1, 0.15) is 13.3 Å². The van der Waals surface area contributed by atoms with Crippen molar-refractivity contribution >= 4 is 29.2 Å². The molecule has 4 rings (SSSR count). The number of hydrogen-bond acceptors (Lipinski definition) is 4. The quantitative estimate of drug-likeness (QED) is 0.706. The molecule has 2 aromatic carbocycles. The van der Waals surface area contributed by atoms with E-state index >= 15 is 0 Å². The summed E-state index contributed by atoms with van der Waals surface area (Å²) >= 11 is 1.45. The molecule has 1 aliphatic heterocycles. The Hall–Kier alpha value is -2.92. The summed E-state index contributed by atoms with van der Waals surface area (Å²) in [4.78, 5) is 20.3. The van der Waals surface area contributed by atoms with Crippen LogP contribution in [-0.2, 0) is 6.67 Å². The fourth-order valence-corrected chi connectivity index (χ4v) is 4.15. The van der Waals surface area contributed by atoms with Crippen molar-refractivity contribution in [3.63, 3.8) is 0 Å². The van der Waals surface area contributed by atoms with Crippen LogP contribution in [0.4, 0.5) is 5.69 Å². The van der Waals surface area contributed by atoms with Crippen LogP contribution in [-0.4, -0.2) is 11.2 Å². The number of anilines is 1. The van der Waals surface area contributed by atoms with Crippen molar-refractivity contribution in [1.82, 2.24) is 4.57 Å². The highest BCUT2D eigenvalue weighted by atomic mass is 32.1. The van der Waals surface area contributed by atoms with Crippen LogP contribution in [0.5, 0.6) is 0 Å². The molecule has 5 heteroatoms. The van der Waals surface area contributed by atoms with Gasteiger partial charge in [-0.1, -0.05) is 59.9 Å². The smallest absolute Gasteiger partial charge is 0.271 e. The Balaban J connectivity index is 1.63. The first kappa shape index (κ1) is 17.5. The topological polar surface area (TPSA) is 37.6 Å². The van der Waals surface area contributed by atoms with Gasteiger partial charge in [0.15, 0.2) is 4.80 Å². The van der Waals surface area contributed by atoms with Gasteiger partial charge in [-0.3, -0.25) is 9.36 Å². The largest absolute Gasteiger partial charge is 0.334 e. The van der Waals surface area contributed by atoms with Gasteiger partial charge in [-0.2, -0.15) is 0 Å². The predicted octanol–water partition coefficient (Wildman–Crippen LogP) is 3.08. The summed E-state index contributed by atoms with van der Waals surface area (Å²) in [7, 11) is 0. The highest BCUT2D eigenvalue weighted by Gasteiger charge is 2.16. The molecule has 4 nitrogen and oxygen atoms in total. The van der Waals surface area contributed by atoms with E-state index in [9.17, 15) is 4.79 Å². The average Bonchev–Trinajstić information content (AvgIpc) is 2.97. The van der Waals surface area contributed by atoms with E-state index in [1.807, 2.05) is 48.6 Å². The van der Waals surface area contributed by atoms with E-state index in [-0.39, 0.29) is 5.56 Å². The third-order valence-corrected chi connectivity index (χ3v) is 5.55. The molecule has 0 saturated heterocycles. The molecule has 1 aliphatic rings. The van der Waals surface area contributed by atoms with Crippen molar-refractivity contribution in [1.29, 1.82) is 0 Å². The van der Waals surface area contributed by atoms with E-state index in [0.717, 1.165) is 16.1 Å². The summed E-state index contributed by atoms with van der Waals surface area (Å²) in [6.07, 6.45) is 5.81. The number of hydrogen-bond donors (Lipinski definition) is 0. The predicted molar refractivity (Wildman–Crippen MR) is 113 cm³/mol. The fourth-order valence-electron chi connectivity index (χ4n) is 3.23. The summed E-state index contributed by atoms with van der Waals surface area (Å²) in [5.74, 6) is 0. The lowest BCUT2D eigenvalue weighted by atomic mass is 10.1. The van der Waals surface area contributed by atoms with Crippen LogP contribution in [0.15, 0.2) is 64.4 Å². The van der Waals surface area contributed by atoms with E-state index in [1.165, 1.54) is 22.5 Å². The number of rotatable bonds is 3. The Morgan fingerprint density at radius 3 is 2.56 bits per heavy atom. The summed E-state index contributed by atoms with van der Waals surface area (Å²) in [6, 6.07) is 16.5. The molecule has 0 amide bonds. The zero-order valence-electron chi connectivity index (χ0n) is 15.4. The minimum absolute atomic E-state index is 0.0190. The first-order valence-electron chi connectivity index (χ1n) is 8.91. The standard InChI is InChI=1S/C22H21N3OS/c1-16-11-17(2)13-19(12-16)24-14-23-22-25(15-24)21(26)20(27-22)10-6-9-18-7-4-3-5-8-18/h3-13H,14-15H2,1-2H3/b9-6+,20-10-. The van der Waals surface area contributed by atoms with Crippen LogP contribution >= 0.6 is 11.3 Å². The molecule has 0 aliphatic carbocycles. The fraction of sp³-hybridized carbons (Fsp3) is 0.182. The number of thiazole rings is 1. The van der Waals surface area contributed by atoms with Crippen molar-refractivity contribution in [2.45, 2.75) is 20.5 Å². The third kappa shape index (κ3) is 3.78. The zero-order valence-corrected chi connectivity index (χ0v) is 16.2.